The van der Waals surface area contributed by atoms with Crippen LogP contribution < -0.4 is 4.74 Å². The Morgan fingerprint density at radius 1 is 0.920 bits per heavy atom. The molecule has 1 unspecified atom stereocenters. The van der Waals surface area contributed by atoms with Gasteiger partial charge in [-0.25, -0.2) is 0 Å². The molecule has 3 nitrogen and oxygen atoms in total. The second kappa shape index (κ2) is 7.26. The summed E-state index contributed by atoms with van der Waals surface area (Å²) >= 11 is 11.6. The van der Waals surface area contributed by atoms with Crippen LogP contribution in [0.1, 0.15) is 12.0 Å². The molecule has 0 spiro atoms. The van der Waals surface area contributed by atoms with Crippen molar-refractivity contribution in [1.82, 2.24) is 0 Å². The molecular formula is C20H14Cl2O3. The van der Waals surface area contributed by atoms with Gasteiger partial charge < -0.3 is 4.74 Å². The molecule has 0 bridgehead atoms. The van der Waals surface area contributed by atoms with E-state index in [2.05, 4.69) is 0 Å². The second-order valence-electron chi connectivity index (χ2n) is 5.65. The minimum atomic E-state index is -1.11. The number of hydrogen-bond acceptors (Lipinski definition) is 3. The van der Waals surface area contributed by atoms with Gasteiger partial charge in [0.1, 0.15) is 11.5 Å². The van der Waals surface area contributed by atoms with Crippen LogP contribution >= 0.6 is 23.2 Å². The lowest BCUT2D eigenvalue weighted by atomic mass is 9.74. The molecule has 5 heteroatoms. The molecule has 1 aliphatic carbocycles. The van der Waals surface area contributed by atoms with Crippen LogP contribution in [0.25, 0.3) is 0 Å². The number of benzene rings is 2. The lowest BCUT2D eigenvalue weighted by Crippen LogP contribution is -2.34. The number of para-hydroxylation sites is 1. The van der Waals surface area contributed by atoms with Gasteiger partial charge in [0.2, 0.25) is 5.24 Å². The monoisotopic (exact) mass is 372 g/mol. The van der Waals surface area contributed by atoms with Crippen molar-refractivity contribution in [2.45, 2.75) is 11.8 Å². The average Bonchev–Trinajstić information content (AvgIpc) is 2.63. The molecule has 2 aromatic carbocycles. The molecule has 0 heterocycles. The Kier molecular flexibility index (Phi) is 5.07. The van der Waals surface area contributed by atoms with Crippen molar-refractivity contribution in [3.05, 3.63) is 89.7 Å². The van der Waals surface area contributed by atoms with Gasteiger partial charge in [-0.05, 0) is 47.0 Å². The summed E-state index contributed by atoms with van der Waals surface area (Å²) in [6, 6.07) is 18.1. The predicted octanol–water partition coefficient (Wildman–Crippen LogP) is 4.75. The van der Waals surface area contributed by atoms with Gasteiger partial charge in [-0.15, -0.1) is 0 Å². The van der Waals surface area contributed by atoms with Gasteiger partial charge in [0, 0.05) is 6.42 Å². The average molecular weight is 373 g/mol. The van der Waals surface area contributed by atoms with Crippen molar-refractivity contribution >= 4 is 33.7 Å². The number of allylic oxidation sites excluding steroid dienone is 4. The molecule has 0 amide bonds. The molecule has 1 atom stereocenters. The van der Waals surface area contributed by atoms with Crippen LogP contribution in [0.3, 0.4) is 0 Å². The van der Waals surface area contributed by atoms with Crippen LogP contribution in [0, 0.1) is 0 Å². The first-order chi connectivity index (χ1) is 12.0. The van der Waals surface area contributed by atoms with Crippen LogP contribution in [0.4, 0.5) is 0 Å². The molecular weight excluding hydrogens is 359 g/mol. The van der Waals surface area contributed by atoms with Crippen LogP contribution in [0.5, 0.6) is 5.75 Å². The van der Waals surface area contributed by atoms with Crippen molar-refractivity contribution in [2.75, 3.05) is 0 Å². The summed E-state index contributed by atoms with van der Waals surface area (Å²) in [6.07, 6.45) is 3.23. The van der Waals surface area contributed by atoms with Crippen LogP contribution in [-0.4, -0.2) is 10.5 Å². The highest BCUT2D eigenvalue weighted by atomic mass is 35.5. The fourth-order valence-electron chi connectivity index (χ4n) is 2.81. The Morgan fingerprint density at radius 3 is 2.08 bits per heavy atom. The lowest BCUT2D eigenvalue weighted by Gasteiger charge is -2.31. The van der Waals surface area contributed by atoms with Gasteiger partial charge in [-0.2, -0.15) is 0 Å². The van der Waals surface area contributed by atoms with E-state index in [0.717, 1.165) is 5.56 Å². The van der Waals surface area contributed by atoms with E-state index in [0.29, 0.717) is 11.5 Å². The summed E-state index contributed by atoms with van der Waals surface area (Å²) in [7, 11) is 0. The quantitative estimate of drug-likeness (QED) is 0.711. The Hall–Kier alpha value is -2.36. The molecule has 0 saturated carbocycles. The highest BCUT2D eigenvalue weighted by Crippen LogP contribution is 2.40. The number of hydrogen-bond donors (Lipinski definition) is 0. The van der Waals surface area contributed by atoms with E-state index < -0.39 is 15.9 Å². The van der Waals surface area contributed by atoms with Crippen molar-refractivity contribution in [2.24, 2.45) is 0 Å². The number of carbonyl (C=O) groups excluding carboxylic acids is 2. The minimum Gasteiger partial charge on any atom is -0.461 e. The van der Waals surface area contributed by atoms with Crippen LogP contribution in [0.2, 0.25) is 0 Å². The first-order valence-corrected chi connectivity index (χ1v) is 8.39. The molecule has 0 N–H and O–H groups in total. The Balaban J connectivity index is 2.06. The summed E-state index contributed by atoms with van der Waals surface area (Å²) in [5.74, 6) is 0.860. The largest absolute Gasteiger partial charge is 0.461 e. The van der Waals surface area contributed by atoms with E-state index in [4.69, 9.17) is 27.9 Å². The van der Waals surface area contributed by atoms with Gasteiger partial charge in [0.05, 0.1) is 11.0 Å². The van der Waals surface area contributed by atoms with E-state index in [1.54, 1.807) is 18.2 Å². The molecule has 126 valence electrons. The normalized spacial score (nSPS) is 19.6. The third kappa shape index (κ3) is 3.53. The third-order valence-corrected chi connectivity index (χ3v) is 4.65. The standard InChI is InChI=1S/C20H14Cl2O3/c21-18(23)16-11-12-20(19(22)24,14-7-3-1-4-8-14)13-17(16)25-15-9-5-2-6-10-15/h1-12H,13H2. The fraction of sp³-hybridized carbons (Fsp3) is 0.100. The topological polar surface area (TPSA) is 43.4 Å². The van der Waals surface area contributed by atoms with Gasteiger partial charge in [0.15, 0.2) is 0 Å². The number of ether oxygens (including phenoxy) is 1. The second-order valence-corrected chi connectivity index (χ2v) is 6.33. The Morgan fingerprint density at radius 2 is 1.52 bits per heavy atom. The molecule has 0 saturated heterocycles. The minimum absolute atomic E-state index is 0.110. The van der Waals surface area contributed by atoms with E-state index in [1.165, 1.54) is 6.08 Å². The highest BCUT2D eigenvalue weighted by molar-refractivity contribution is 6.68. The van der Waals surface area contributed by atoms with Crippen LogP contribution in [-0.2, 0) is 15.0 Å². The first kappa shape index (κ1) is 17.5. The molecule has 2 aromatic rings. The van der Waals surface area contributed by atoms with E-state index in [-0.39, 0.29) is 12.0 Å². The van der Waals surface area contributed by atoms with Crippen molar-refractivity contribution in [3.8, 4) is 5.75 Å². The zero-order chi connectivity index (χ0) is 17.9. The summed E-state index contributed by atoms with van der Waals surface area (Å²) in [5.41, 5.74) is -0.167. The summed E-state index contributed by atoms with van der Waals surface area (Å²) in [5, 5.41) is -1.20. The van der Waals surface area contributed by atoms with E-state index >= 15 is 0 Å². The summed E-state index contributed by atoms with van der Waals surface area (Å²) < 4.78 is 5.87. The molecule has 0 fully saturated rings. The maximum absolute atomic E-state index is 12.3. The zero-order valence-corrected chi connectivity index (χ0v) is 14.6. The molecule has 0 radical (unpaired) electrons. The summed E-state index contributed by atoms with van der Waals surface area (Å²) in [4.78, 5) is 24.1. The van der Waals surface area contributed by atoms with Gasteiger partial charge in [-0.1, -0.05) is 54.6 Å². The summed E-state index contributed by atoms with van der Waals surface area (Å²) in [6.45, 7) is 0. The van der Waals surface area contributed by atoms with E-state index in [1.807, 2.05) is 48.5 Å². The Bertz CT molecular complexity index is 857. The number of halogens is 2. The maximum Gasteiger partial charge on any atom is 0.255 e. The van der Waals surface area contributed by atoms with Crippen molar-refractivity contribution in [1.29, 1.82) is 0 Å². The third-order valence-electron chi connectivity index (χ3n) is 4.11. The zero-order valence-electron chi connectivity index (χ0n) is 13.1. The van der Waals surface area contributed by atoms with Crippen molar-refractivity contribution in [3.63, 3.8) is 0 Å². The molecule has 25 heavy (non-hydrogen) atoms. The number of carbonyl (C=O) groups is 2. The molecule has 0 aromatic heterocycles. The molecule has 0 aliphatic heterocycles. The Labute approximate surface area is 155 Å². The molecule has 3 rings (SSSR count). The molecule has 1 aliphatic rings. The van der Waals surface area contributed by atoms with Crippen molar-refractivity contribution < 1.29 is 14.3 Å². The number of rotatable bonds is 5. The van der Waals surface area contributed by atoms with Crippen LogP contribution in [0.15, 0.2) is 84.1 Å². The predicted molar refractivity (Wildman–Crippen MR) is 97.7 cm³/mol. The van der Waals surface area contributed by atoms with Gasteiger partial charge in [0.25, 0.3) is 5.24 Å². The van der Waals surface area contributed by atoms with Gasteiger partial charge >= 0.3 is 0 Å². The smallest absolute Gasteiger partial charge is 0.255 e. The fourth-order valence-corrected chi connectivity index (χ4v) is 3.21. The highest BCUT2D eigenvalue weighted by Gasteiger charge is 2.41. The SMILES string of the molecule is O=C(Cl)C1=C(Oc2ccccc2)CC(C(=O)Cl)(c2ccccc2)C=C1. The van der Waals surface area contributed by atoms with Gasteiger partial charge in [-0.3, -0.25) is 9.59 Å². The maximum atomic E-state index is 12.3. The first-order valence-electron chi connectivity index (χ1n) is 7.63. The lowest BCUT2D eigenvalue weighted by molar-refractivity contribution is -0.115. The van der Waals surface area contributed by atoms with E-state index in [9.17, 15) is 9.59 Å².